The highest BCUT2D eigenvalue weighted by molar-refractivity contribution is 8.01. The first-order valence-corrected chi connectivity index (χ1v) is 8.01. The van der Waals surface area contributed by atoms with Crippen LogP contribution in [0.3, 0.4) is 0 Å². The third-order valence-electron chi connectivity index (χ3n) is 3.47. The average molecular weight is 272 g/mol. The molecule has 0 bridgehead atoms. The third kappa shape index (κ3) is 5.19. The Hall–Kier alpha value is -0.220. The summed E-state index contributed by atoms with van der Waals surface area (Å²) < 4.78 is 0.157. The Kier molecular flexibility index (Phi) is 5.99. The van der Waals surface area contributed by atoms with Gasteiger partial charge in [0, 0.05) is 23.4 Å². The van der Waals surface area contributed by atoms with Crippen LogP contribution < -0.4 is 5.73 Å². The summed E-state index contributed by atoms with van der Waals surface area (Å²) in [4.78, 5) is 14.3. The second kappa shape index (κ2) is 6.80. The van der Waals surface area contributed by atoms with Gasteiger partial charge in [0.2, 0.25) is 5.91 Å². The number of rotatable bonds is 4. The van der Waals surface area contributed by atoms with E-state index in [9.17, 15) is 4.79 Å². The van der Waals surface area contributed by atoms with Crippen molar-refractivity contribution in [1.29, 1.82) is 0 Å². The van der Waals surface area contributed by atoms with Crippen molar-refractivity contribution in [2.24, 2.45) is 5.73 Å². The third-order valence-corrected chi connectivity index (χ3v) is 4.73. The minimum absolute atomic E-state index is 0.157. The summed E-state index contributed by atoms with van der Waals surface area (Å²) in [5.74, 6) is 0.887. The van der Waals surface area contributed by atoms with Gasteiger partial charge < -0.3 is 10.6 Å². The molecule has 1 amide bonds. The molecule has 0 aromatic heterocycles. The van der Waals surface area contributed by atoms with Crippen molar-refractivity contribution in [2.75, 3.05) is 12.3 Å². The smallest absolute Gasteiger partial charge is 0.232 e. The van der Waals surface area contributed by atoms with Gasteiger partial charge in [-0.1, -0.05) is 20.8 Å². The van der Waals surface area contributed by atoms with Crippen LogP contribution in [0.5, 0.6) is 0 Å². The second-order valence-corrected chi connectivity index (χ2v) is 7.95. The fourth-order valence-electron chi connectivity index (χ4n) is 2.41. The van der Waals surface area contributed by atoms with Crippen LogP contribution in [0.1, 0.15) is 53.4 Å². The molecule has 1 fully saturated rings. The molecule has 0 aromatic rings. The summed E-state index contributed by atoms with van der Waals surface area (Å²) >= 11 is 1.73. The summed E-state index contributed by atoms with van der Waals surface area (Å²) in [6, 6.07) is 0.766. The Bertz CT molecular complexity index is 267. The molecule has 18 heavy (non-hydrogen) atoms. The van der Waals surface area contributed by atoms with Crippen LogP contribution in [0, 0.1) is 0 Å². The first kappa shape index (κ1) is 15.8. The predicted octanol–water partition coefficient (Wildman–Crippen LogP) is 2.64. The molecule has 0 saturated heterocycles. The van der Waals surface area contributed by atoms with Gasteiger partial charge in [-0.25, -0.2) is 0 Å². The van der Waals surface area contributed by atoms with E-state index in [2.05, 4.69) is 32.6 Å². The topological polar surface area (TPSA) is 46.3 Å². The Labute approximate surface area is 116 Å². The number of carbonyl (C=O) groups excluding carboxylic acids is 1. The SMILES string of the molecule is CCN(C(=O)CSC(C)(C)C)C1CCC(N)CC1. The van der Waals surface area contributed by atoms with E-state index in [1.807, 2.05) is 0 Å². The van der Waals surface area contributed by atoms with Crippen molar-refractivity contribution < 1.29 is 4.79 Å². The summed E-state index contributed by atoms with van der Waals surface area (Å²) in [5.41, 5.74) is 5.92. The number of thioether (sulfide) groups is 1. The van der Waals surface area contributed by atoms with E-state index >= 15 is 0 Å². The van der Waals surface area contributed by atoms with Crippen LogP contribution in [0.25, 0.3) is 0 Å². The van der Waals surface area contributed by atoms with Gasteiger partial charge >= 0.3 is 0 Å². The molecule has 3 nitrogen and oxygen atoms in total. The van der Waals surface area contributed by atoms with Crippen molar-refractivity contribution in [3.63, 3.8) is 0 Å². The Morgan fingerprint density at radius 3 is 2.28 bits per heavy atom. The number of hydrogen-bond donors (Lipinski definition) is 1. The molecule has 4 heteroatoms. The number of hydrogen-bond acceptors (Lipinski definition) is 3. The van der Waals surface area contributed by atoms with Crippen LogP contribution in [-0.2, 0) is 4.79 Å². The molecular formula is C14H28N2OS. The lowest BCUT2D eigenvalue weighted by molar-refractivity contribution is -0.131. The van der Waals surface area contributed by atoms with Crippen LogP contribution >= 0.6 is 11.8 Å². The van der Waals surface area contributed by atoms with Crippen LogP contribution in [0.2, 0.25) is 0 Å². The van der Waals surface area contributed by atoms with E-state index in [1.54, 1.807) is 11.8 Å². The van der Waals surface area contributed by atoms with E-state index in [0.717, 1.165) is 32.2 Å². The fraction of sp³-hybridized carbons (Fsp3) is 0.929. The highest BCUT2D eigenvalue weighted by Gasteiger charge is 2.27. The lowest BCUT2D eigenvalue weighted by Crippen LogP contribution is -2.45. The molecule has 0 aliphatic heterocycles. The van der Waals surface area contributed by atoms with E-state index in [0.29, 0.717) is 17.8 Å². The van der Waals surface area contributed by atoms with E-state index < -0.39 is 0 Å². The molecule has 0 atom stereocenters. The van der Waals surface area contributed by atoms with Crippen LogP contribution in [-0.4, -0.2) is 39.9 Å². The first-order valence-electron chi connectivity index (χ1n) is 7.02. The Balaban J connectivity index is 2.47. The molecule has 1 saturated carbocycles. The molecule has 1 aliphatic rings. The molecular weight excluding hydrogens is 244 g/mol. The lowest BCUT2D eigenvalue weighted by Gasteiger charge is -2.36. The minimum atomic E-state index is 0.157. The fourth-order valence-corrected chi connectivity index (χ4v) is 3.13. The average Bonchev–Trinajstić information content (AvgIpc) is 2.29. The highest BCUT2D eigenvalue weighted by atomic mass is 32.2. The van der Waals surface area contributed by atoms with E-state index in [-0.39, 0.29) is 10.7 Å². The maximum atomic E-state index is 12.3. The Morgan fingerprint density at radius 1 is 1.28 bits per heavy atom. The quantitative estimate of drug-likeness (QED) is 0.856. The summed E-state index contributed by atoms with van der Waals surface area (Å²) in [6.07, 6.45) is 4.25. The van der Waals surface area contributed by atoms with Gasteiger partial charge in [-0.2, -0.15) is 0 Å². The van der Waals surface area contributed by atoms with Gasteiger partial charge in [0.25, 0.3) is 0 Å². The summed E-state index contributed by atoms with van der Waals surface area (Å²) in [5, 5.41) is 0. The van der Waals surface area contributed by atoms with Crippen molar-refractivity contribution in [1.82, 2.24) is 4.90 Å². The molecule has 0 spiro atoms. The number of nitrogens with two attached hydrogens (primary N) is 1. The van der Waals surface area contributed by atoms with Gasteiger partial charge in [0.15, 0.2) is 0 Å². The normalized spacial score (nSPS) is 24.9. The molecule has 1 aliphatic carbocycles. The monoisotopic (exact) mass is 272 g/mol. The van der Waals surface area contributed by atoms with Crippen molar-refractivity contribution in [2.45, 2.75) is 70.2 Å². The first-order chi connectivity index (χ1) is 8.33. The van der Waals surface area contributed by atoms with Crippen molar-refractivity contribution in [3.8, 4) is 0 Å². The number of amides is 1. The molecule has 0 radical (unpaired) electrons. The molecule has 2 N–H and O–H groups in total. The van der Waals surface area contributed by atoms with Crippen molar-refractivity contribution >= 4 is 17.7 Å². The maximum absolute atomic E-state index is 12.3. The van der Waals surface area contributed by atoms with Gasteiger partial charge in [-0.05, 0) is 32.6 Å². The van der Waals surface area contributed by atoms with Gasteiger partial charge in [-0.3, -0.25) is 4.79 Å². The van der Waals surface area contributed by atoms with E-state index in [4.69, 9.17) is 5.73 Å². The zero-order valence-corrected chi connectivity index (χ0v) is 13.1. The molecule has 0 heterocycles. The summed E-state index contributed by atoms with van der Waals surface area (Å²) in [6.45, 7) is 9.36. The second-order valence-electron chi connectivity index (χ2n) is 6.15. The standard InChI is InChI=1S/C14H28N2OS/c1-5-16(12-8-6-11(15)7-9-12)13(17)10-18-14(2,3)4/h11-12H,5-10,15H2,1-4H3. The van der Waals surface area contributed by atoms with Gasteiger partial charge in [0.05, 0.1) is 5.75 Å². The maximum Gasteiger partial charge on any atom is 0.232 e. The highest BCUT2D eigenvalue weighted by Crippen LogP contribution is 2.26. The van der Waals surface area contributed by atoms with Gasteiger partial charge in [0.1, 0.15) is 0 Å². The van der Waals surface area contributed by atoms with Crippen LogP contribution in [0.4, 0.5) is 0 Å². The zero-order valence-electron chi connectivity index (χ0n) is 12.2. The molecule has 0 aromatic carbocycles. The molecule has 0 unspecified atom stereocenters. The van der Waals surface area contributed by atoms with E-state index in [1.165, 1.54) is 0 Å². The van der Waals surface area contributed by atoms with Gasteiger partial charge in [-0.15, -0.1) is 11.8 Å². The molecule has 106 valence electrons. The minimum Gasteiger partial charge on any atom is -0.339 e. The Morgan fingerprint density at radius 2 is 1.83 bits per heavy atom. The molecule has 1 rings (SSSR count). The predicted molar refractivity (Wildman–Crippen MR) is 79.8 cm³/mol. The largest absolute Gasteiger partial charge is 0.339 e. The van der Waals surface area contributed by atoms with Crippen LogP contribution in [0.15, 0.2) is 0 Å². The zero-order chi connectivity index (χ0) is 13.8. The summed E-state index contributed by atoms with van der Waals surface area (Å²) in [7, 11) is 0. The number of nitrogens with zero attached hydrogens (tertiary/aromatic N) is 1. The lowest BCUT2D eigenvalue weighted by atomic mass is 9.91. The number of carbonyl (C=O) groups is 1. The van der Waals surface area contributed by atoms with Crippen molar-refractivity contribution in [3.05, 3.63) is 0 Å².